The first-order valence-corrected chi connectivity index (χ1v) is 7.60. The van der Waals surface area contributed by atoms with E-state index in [-0.39, 0.29) is 5.97 Å². The van der Waals surface area contributed by atoms with Crippen LogP contribution in [0.3, 0.4) is 0 Å². The van der Waals surface area contributed by atoms with Crippen molar-refractivity contribution in [3.05, 3.63) is 28.8 Å². The van der Waals surface area contributed by atoms with Gasteiger partial charge in [0, 0.05) is 31.9 Å². The zero-order chi connectivity index (χ0) is 15.6. The van der Waals surface area contributed by atoms with Crippen LogP contribution in [-0.4, -0.2) is 49.7 Å². The lowest BCUT2D eigenvalue weighted by Crippen LogP contribution is -2.44. The lowest BCUT2D eigenvalue weighted by molar-refractivity contribution is 0.00698. The Morgan fingerprint density at radius 2 is 1.81 bits per heavy atom. The van der Waals surface area contributed by atoms with Crippen LogP contribution in [0.2, 0.25) is 5.02 Å². The van der Waals surface area contributed by atoms with E-state index >= 15 is 0 Å². The molecule has 21 heavy (non-hydrogen) atoms. The number of carbonyl (C=O) groups is 1. The van der Waals surface area contributed by atoms with E-state index in [1.165, 1.54) is 0 Å². The van der Waals surface area contributed by atoms with E-state index in [1.54, 1.807) is 6.07 Å². The number of hydrogen-bond donors (Lipinski definition) is 0. The van der Waals surface area contributed by atoms with Gasteiger partial charge in [0.05, 0.1) is 10.6 Å². The third-order valence-electron chi connectivity index (χ3n) is 3.44. The maximum absolute atomic E-state index is 12.2. The van der Waals surface area contributed by atoms with E-state index in [1.807, 2.05) is 32.9 Å². The molecule has 0 amide bonds. The molecular weight excluding hydrogens is 288 g/mol. The third kappa shape index (κ3) is 4.35. The minimum atomic E-state index is -0.524. The topological polar surface area (TPSA) is 32.8 Å². The van der Waals surface area contributed by atoms with Gasteiger partial charge in [-0.1, -0.05) is 11.6 Å². The molecule has 0 unspecified atom stereocenters. The summed E-state index contributed by atoms with van der Waals surface area (Å²) in [5, 5.41) is 0.433. The van der Waals surface area contributed by atoms with Crippen molar-refractivity contribution in [3.8, 4) is 0 Å². The lowest BCUT2D eigenvalue weighted by Gasteiger charge is -2.34. The van der Waals surface area contributed by atoms with Crippen LogP contribution in [0.25, 0.3) is 0 Å². The van der Waals surface area contributed by atoms with E-state index in [0.29, 0.717) is 10.6 Å². The van der Waals surface area contributed by atoms with Crippen LogP contribution in [0.4, 0.5) is 5.69 Å². The number of ether oxygens (including phenoxy) is 1. The summed E-state index contributed by atoms with van der Waals surface area (Å²) in [5.41, 5.74) is 0.931. The molecule has 0 saturated carbocycles. The summed E-state index contributed by atoms with van der Waals surface area (Å²) in [6, 6.07) is 5.57. The van der Waals surface area contributed by atoms with Crippen molar-refractivity contribution in [2.75, 3.05) is 38.1 Å². The van der Waals surface area contributed by atoms with Crippen molar-refractivity contribution in [2.45, 2.75) is 26.4 Å². The van der Waals surface area contributed by atoms with Gasteiger partial charge in [0.25, 0.3) is 0 Å². The van der Waals surface area contributed by atoms with E-state index in [9.17, 15) is 4.79 Å². The quantitative estimate of drug-likeness (QED) is 0.786. The fourth-order valence-electron chi connectivity index (χ4n) is 2.26. The molecule has 0 N–H and O–H groups in total. The largest absolute Gasteiger partial charge is 0.456 e. The molecule has 0 spiro atoms. The van der Waals surface area contributed by atoms with Gasteiger partial charge in [-0.2, -0.15) is 0 Å². The number of anilines is 1. The van der Waals surface area contributed by atoms with Gasteiger partial charge >= 0.3 is 5.97 Å². The molecule has 0 radical (unpaired) electrons. The van der Waals surface area contributed by atoms with Crippen LogP contribution in [0.1, 0.15) is 31.1 Å². The first kappa shape index (κ1) is 16.1. The monoisotopic (exact) mass is 310 g/mol. The smallest absolute Gasteiger partial charge is 0.340 e. The third-order valence-corrected chi connectivity index (χ3v) is 3.77. The normalized spacial score (nSPS) is 16.9. The summed E-state index contributed by atoms with van der Waals surface area (Å²) in [6.07, 6.45) is 0. The van der Waals surface area contributed by atoms with E-state index in [2.05, 4.69) is 16.8 Å². The minimum Gasteiger partial charge on any atom is -0.456 e. The molecule has 1 heterocycles. The zero-order valence-corrected chi connectivity index (χ0v) is 13.9. The highest BCUT2D eigenvalue weighted by molar-refractivity contribution is 6.33. The number of nitrogens with zero attached hydrogens (tertiary/aromatic N) is 2. The maximum Gasteiger partial charge on any atom is 0.340 e. The van der Waals surface area contributed by atoms with Crippen molar-refractivity contribution in [2.24, 2.45) is 0 Å². The fraction of sp³-hybridized carbons (Fsp3) is 0.562. The fourth-order valence-corrected chi connectivity index (χ4v) is 2.46. The first-order chi connectivity index (χ1) is 9.76. The highest BCUT2D eigenvalue weighted by Gasteiger charge is 2.22. The number of esters is 1. The highest BCUT2D eigenvalue weighted by Crippen LogP contribution is 2.26. The molecule has 1 saturated heterocycles. The number of halogens is 1. The van der Waals surface area contributed by atoms with Crippen molar-refractivity contribution < 1.29 is 9.53 Å². The van der Waals surface area contributed by atoms with Crippen LogP contribution in [0.5, 0.6) is 0 Å². The van der Waals surface area contributed by atoms with Crippen LogP contribution >= 0.6 is 11.6 Å². The Morgan fingerprint density at radius 1 is 1.19 bits per heavy atom. The molecule has 1 fully saturated rings. The van der Waals surface area contributed by atoms with Crippen molar-refractivity contribution in [1.29, 1.82) is 0 Å². The molecule has 4 nitrogen and oxygen atoms in total. The van der Waals surface area contributed by atoms with E-state index in [4.69, 9.17) is 16.3 Å². The Balaban J connectivity index is 2.19. The molecule has 2 rings (SSSR count). The van der Waals surface area contributed by atoms with Crippen molar-refractivity contribution in [3.63, 3.8) is 0 Å². The van der Waals surface area contributed by atoms with Crippen molar-refractivity contribution >= 4 is 23.3 Å². The molecule has 0 atom stereocenters. The Hall–Kier alpha value is -1.26. The van der Waals surface area contributed by atoms with Gasteiger partial charge in [-0.05, 0) is 46.0 Å². The molecule has 1 aromatic carbocycles. The van der Waals surface area contributed by atoms with Crippen LogP contribution < -0.4 is 4.90 Å². The highest BCUT2D eigenvalue weighted by atomic mass is 35.5. The number of likely N-dealkylation sites (N-methyl/N-ethyl adjacent to an activating group) is 1. The predicted molar refractivity (Wildman–Crippen MR) is 86.3 cm³/mol. The lowest BCUT2D eigenvalue weighted by atomic mass is 10.1. The summed E-state index contributed by atoms with van der Waals surface area (Å²) in [4.78, 5) is 16.8. The van der Waals surface area contributed by atoms with E-state index < -0.39 is 5.60 Å². The Kier molecular flexibility index (Phi) is 4.79. The molecule has 0 aromatic heterocycles. The Labute approximate surface area is 131 Å². The van der Waals surface area contributed by atoms with Gasteiger partial charge in [-0.15, -0.1) is 0 Å². The first-order valence-electron chi connectivity index (χ1n) is 7.23. The molecule has 116 valence electrons. The standard InChI is InChI=1S/C16H23ClN2O2/c1-16(2,3)21-15(20)13-11-12(5-6-14(13)17)19-9-7-18(4)8-10-19/h5-6,11H,7-10H2,1-4H3. The minimum absolute atomic E-state index is 0.372. The average Bonchev–Trinajstić information content (AvgIpc) is 2.38. The number of rotatable bonds is 2. The predicted octanol–water partition coefficient (Wildman–Crippen LogP) is 3.05. The summed E-state index contributed by atoms with van der Waals surface area (Å²) in [7, 11) is 2.12. The van der Waals surface area contributed by atoms with E-state index in [0.717, 1.165) is 31.9 Å². The van der Waals surface area contributed by atoms with Gasteiger partial charge in [0.1, 0.15) is 5.60 Å². The number of piperazine rings is 1. The number of benzene rings is 1. The second-order valence-corrected chi connectivity index (χ2v) is 6.86. The van der Waals surface area contributed by atoms with Gasteiger partial charge in [0.2, 0.25) is 0 Å². The maximum atomic E-state index is 12.2. The number of carbonyl (C=O) groups excluding carboxylic acids is 1. The molecule has 5 heteroatoms. The average molecular weight is 311 g/mol. The SMILES string of the molecule is CN1CCN(c2ccc(Cl)c(C(=O)OC(C)(C)C)c2)CC1. The molecule has 0 bridgehead atoms. The van der Waals surface area contributed by atoms with Gasteiger partial charge in [-0.3, -0.25) is 0 Å². The molecule has 1 aliphatic heterocycles. The van der Waals surface area contributed by atoms with Gasteiger partial charge in [-0.25, -0.2) is 4.79 Å². The zero-order valence-electron chi connectivity index (χ0n) is 13.1. The second kappa shape index (κ2) is 6.24. The van der Waals surface area contributed by atoms with Gasteiger partial charge < -0.3 is 14.5 Å². The summed E-state index contributed by atoms with van der Waals surface area (Å²) >= 11 is 6.15. The molecular formula is C16H23ClN2O2. The Bertz CT molecular complexity index is 517. The van der Waals surface area contributed by atoms with Crippen LogP contribution in [0, 0.1) is 0 Å². The molecule has 1 aliphatic rings. The number of hydrogen-bond acceptors (Lipinski definition) is 4. The van der Waals surface area contributed by atoms with Crippen LogP contribution in [-0.2, 0) is 4.74 Å². The summed E-state index contributed by atoms with van der Waals surface area (Å²) in [6.45, 7) is 9.49. The Morgan fingerprint density at radius 3 is 2.38 bits per heavy atom. The van der Waals surface area contributed by atoms with Crippen molar-refractivity contribution in [1.82, 2.24) is 4.90 Å². The summed E-state index contributed by atoms with van der Waals surface area (Å²) in [5.74, 6) is -0.372. The van der Waals surface area contributed by atoms with Crippen LogP contribution in [0.15, 0.2) is 18.2 Å². The van der Waals surface area contributed by atoms with Gasteiger partial charge in [0.15, 0.2) is 0 Å². The molecule has 1 aromatic rings. The molecule has 0 aliphatic carbocycles. The summed E-state index contributed by atoms with van der Waals surface area (Å²) < 4.78 is 5.41. The second-order valence-electron chi connectivity index (χ2n) is 6.46.